The van der Waals surface area contributed by atoms with E-state index in [2.05, 4.69) is 25.9 Å². The van der Waals surface area contributed by atoms with Gasteiger partial charge in [-0.25, -0.2) is 9.97 Å². The summed E-state index contributed by atoms with van der Waals surface area (Å²) in [5.41, 5.74) is 7.65. The van der Waals surface area contributed by atoms with Gasteiger partial charge in [0.05, 0.1) is 14.1 Å². The molecular weight excluding hydrogens is 400 g/mol. The lowest BCUT2D eigenvalue weighted by Crippen LogP contribution is -1.92. The number of nitrogens with zero attached hydrogens (tertiary/aromatic N) is 3. The summed E-state index contributed by atoms with van der Waals surface area (Å²) >= 11 is 4.94. The number of nitrogens with two attached hydrogens (primary N) is 1. The molecule has 0 aliphatic heterocycles. The lowest BCUT2D eigenvalue weighted by molar-refractivity contribution is -0.384. The smallest absolute Gasteiger partial charge is 0.300 e. The van der Waals surface area contributed by atoms with Crippen LogP contribution in [0.5, 0.6) is 0 Å². The first-order valence-electron chi connectivity index (χ1n) is 6.44. The van der Waals surface area contributed by atoms with Gasteiger partial charge in [0.1, 0.15) is 17.0 Å². The van der Waals surface area contributed by atoms with E-state index in [9.17, 15) is 10.1 Å². The largest absolute Gasteiger partial charge is 0.481 e. The van der Waals surface area contributed by atoms with E-state index in [0.717, 1.165) is 32.1 Å². The number of aliphatic carboxylic acids is 1. The molecule has 0 amide bonds. The van der Waals surface area contributed by atoms with Crippen LogP contribution in [0, 0.1) is 10.1 Å². The number of hydrogen-bond acceptors (Lipinski definition) is 7. The Morgan fingerprint density at radius 2 is 1.92 bits per heavy atom. The van der Waals surface area contributed by atoms with Crippen molar-refractivity contribution in [3.05, 3.63) is 44.5 Å². The molecule has 0 atom stereocenters. The number of nitrogen functional groups attached to an aromatic ring is 1. The van der Waals surface area contributed by atoms with Crippen molar-refractivity contribution < 1.29 is 14.8 Å². The van der Waals surface area contributed by atoms with E-state index < -0.39 is 10.9 Å². The maximum absolute atomic E-state index is 10.7. The highest BCUT2D eigenvalue weighted by Crippen LogP contribution is 2.43. The van der Waals surface area contributed by atoms with Crippen molar-refractivity contribution >= 4 is 55.0 Å². The van der Waals surface area contributed by atoms with Crippen molar-refractivity contribution in [2.75, 3.05) is 5.73 Å². The van der Waals surface area contributed by atoms with Gasteiger partial charge >= 0.3 is 0 Å². The summed E-state index contributed by atoms with van der Waals surface area (Å²) in [6.45, 7) is 1.08. The second-order valence-electron chi connectivity index (χ2n) is 4.51. The summed E-state index contributed by atoms with van der Waals surface area (Å²) in [7, 11) is 0. The fraction of sp³-hybridized carbons (Fsp3) is 0.0714. The molecule has 124 valence electrons. The van der Waals surface area contributed by atoms with Crippen LogP contribution in [0.4, 0.5) is 11.5 Å². The van der Waals surface area contributed by atoms with Gasteiger partial charge in [0.25, 0.3) is 11.7 Å². The number of rotatable bonds is 2. The van der Waals surface area contributed by atoms with Gasteiger partial charge in [-0.05, 0) is 33.6 Å². The van der Waals surface area contributed by atoms with Gasteiger partial charge in [-0.2, -0.15) is 0 Å². The number of thiophene rings is 1. The summed E-state index contributed by atoms with van der Waals surface area (Å²) in [6.07, 6.45) is 1.42. The van der Waals surface area contributed by atoms with Crippen LogP contribution in [0.2, 0.25) is 0 Å². The Hall–Kier alpha value is -2.59. The highest BCUT2D eigenvalue weighted by molar-refractivity contribution is 9.11. The zero-order valence-electron chi connectivity index (χ0n) is 12.3. The Labute approximate surface area is 148 Å². The van der Waals surface area contributed by atoms with Crippen molar-refractivity contribution in [2.24, 2.45) is 0 Å². The van der Waals surface area contributed by atoms with Crippen molar-refractivity contribution in [2.45, 2.75) is 6.92 Å². The third-order valence-corrected chi connectivity index (χ3v) is 4.61. The van der Waals surface area contributed by atoms with Crippen molar-refractivity contribution in [1.82, 2.24) is 9.97 Å². The van der Waals surface area contributed by atoms with Crippen molar-refractivity contribution in [3.63, 3.8) is 0 Å². The predicted octanol–water partition coefficient (Wildman–Crippen LogP) is 3.70. The molecule has 0 fully saturated rings. The summed E-state index contributed by atoms with van der Waals surface area (Å²) in [5.74, 6) is -0.440. The quantitative estimate of drug-likeness (QED) is 0.485. The molecule has 0 aliphatic carbocycles. The van der Waals surface area contributed by atoms with Crippen LogP contribution >= 0.6 is 27.3 Å². The maximum Gasteiger partial charge on any atom is 0.300 e. The van der Waals surface area contributed by atoms with Crippen molar-refractivity contribution in [3.8, 4) is 11.1 Å². The molecule has 2 aromatic heterocycles. The Kier molecular flexibility index (Phi) is 5.42. The van der Waals surface area contributed by atoms with E-state index in [1.54, 1.807) is 12.1 Å². The number of carboxylic acid groups (broad SMARTS) is 1. The number of benzene rings is 1. The highest BCUT2D eigenvalue weighted by Gasteiger charge is 2.17. The van der Waals surface area contributed by atoms with Crippen LogP contribution in [0.25, 0.3) is 21.3 Å². The molecule has 8 nitrogen and oxygen atoms in total. The number of carboxylic acids is 1. The van der Waals surface area contributed by atoms with Gasteiger partial charge in [0, 0.05) is 24.6 Å². The Morgan fingerprint density at radius 1 is 1.33 bits per heavy atom. The Balaban J connectivity index is 0.000000471. The number of halogens is 1. The molecule has 0 aliphatic rings. The molecule has 2 heterocycles. The van der Waals surface area contributed by atoms with Gasteiger partial charge in [0.15, 0.2) is 0 Å². The van der Waals surface area contributed by atoms with Crippen LogP contribution in [-0.4, -0.2) is 26.0 Å². The molecule has 0 bridgehead atoms. The molecule has 0 saturated heterocycles. The molecule has 0 saturated carbocycles. The molecule has 10 heteroatoms. The number of non-ortho nitro benzene ring substituents is 1. The number of aromatic nitrogens is 2. The molecule has 3 aromatic rings. The summed E-state index contributed by atoms with van der Waals surface area (Å²) in [6, 6.07) is 6.31. The van der Waals surface area contributed by atoms with Gasteiger partial charge in [-0.3, -0.25) is 14.9 Å². The molecule has 0 spiro atoms. The standard InChI is InChI=1S/C12H7BrN4O2S.C2H4O2/c13-10-8(6-1-3-7(4-2-6)17(18)19)9-11(14)15-5-16-12(9)20-10;1-2(3)4/h1-5H,(H2,14,15,16);1H3,(H,3,4). The van der Waals surface area contributed by atoms with Gasteiger partial charge in [0.2, 0.25) is 0 Å². The third kappa shape index (κ3) is 3.84. The second kappa shape index (κ2) is 7.32. The summed E-state index contributed by atoms with van der Waals surface area (Å²) in [4.78, 5) is 28.2. The van der Waals surface area contributed by atoms with Crippen molar-refractivity contribution in [1.29, 1.82) is 0 Å². The van der Waals surface area contributed by atoms with Gasteiger partial charge < -0.3 is 10.8 Å². The Bertz CT molecular complexity index is 907. The Morgan fingerprint density at radius 3 is 2.46 bits per heavy atom. The minimum absolute atomic E-state index is 0.0497. The monoisotopic (exact) mass is 410 g/mol. The topological polar surface area (TPSA) is 132 Å². The lowest BCUT2D eigenvalue weighted by Gasteiger charge is -2.02. The van der Waals surface area contributed by atoms with Crippen LogP contribution in [0.15, 0.2) is 34.4 Å². The molecule has 1 aromatic carbocycles. The van der Waals surface area contributed by atoms with E-state index in [1.165, 1.54) is 29.8 Å². The number of anilines is 1. The summed E-state index contributed by atoms with van der Waals surface area (Å²) in [5, 5.41) is 18.9. The fourth-order valence-electron chi connectivity index (χ4n) is 1.94. The summed E-state index contributed by atoms with van der Waals surface area (Å²) < 4.78 is 0.869. The predicted molar refractivity (Wildman–Crippen MR) is 94.9 cm³/mol. The average Bonchev–Trinajstić information content (AvgIpc) is 2.84. The first-order chi connectivity index (χ1) is 11.3. The third-order valence-electron chi connectivity index (χ3n) is 2.84. The molecule has 3 N–H and O–H groups in total. The maximum atomic E-state index is 10.7. The minimum atomic E-state index is -0.833. The lowest BCUT2D eigenvalue weighted by atomic mass is 10.1. The average molecular weight is 411 g/mol. The van der Waals surface area contributed by atoms with Crippen LogP contribution in [0.1, 0.15) is 6.92 Å². The number of nitro groups is 1. The van der Waals surface area contributed by atoms with Gasteiger partial charge in [-0.1, -0.05) is 0 Å². The number of nitro benzene ring substituents is 1. The van der Waals surface area contributed by atoms with Crippen LogP contribution < -0.4 is 5.73 Å². The molecule has 0 unspecified atom stereocenters. The first-order valence-corrected chi connectivity index (χ1v) is 8.05. The zero-order chi connectivity index (χ0) is 17.9. The number of hydrogen-bond donors (Lipinski definition) is 2. The SMILES string of the molecule is CC(=O)O.Nc1ncnc2sc(Br)c(-c3ccc([N+](=O)[O-])cc3)c12. The van der Waals surface area contributed by atoms with Crippen LogP contribution in [0.3, 0.4) is 0 Å². The number of fused-ring (bicyclic) bond motifs is 1. The zero-order valence-corrected chi connectivity index (χ0v) is 14.7. The molecule has 0 radical (unpaired) electrons. The van der Waals surface area contributed by atoms with E-state index in [4.69, 9.17) is 15.6 Å². The van der Waals surface area contributed by atoms with Crippen LogP contribution in [-0.2, 0) is 4.79 Å². The van der Waals surface area contributed by atoms with E-state index in [-0.39, 0.29) is 5.69 Å². The minimum Gasteiger partial charge on any atom is -0.481 e. The second-order valence-corrected chi connectivity index (χ2v) is 6.83. The number of carbonyl (C=O) groups is 1. The molecule has 24 heavy (non-hydrogen) atoms. The highest BCUT2D eigenvalue weighted by atomic mass is 79.9. The van der Waals surface area contributed by atoms with Gasteiger partial charge in [-0.15, -0.1) is 11.3 Å². The fourth-order valence-corrected chi connectivity index (χ4v) is 3.72. The molecule has 3 rings (SSSR count). The van der Waals surface area contributed by atoms with E-state index in [0.29, 0.717) is 5.82 Å². The first kappa shape index (κ1) is 17.8. The van der Waals surface area contributed by atoms with E-state index >= 15 is 0 Å². The van der Waals surface area contributed by atoms with E-state index in [1.807, 2.05) is 0 Å². The normalized spacial score (nSPS) is 10.1. The molecular formula is C14H11BrN4O4S.